The Hall–Kier alpha value is -0.770. The first kappa shape index (κ1) is 11.3. The van der Waals surface area contributed by atoms with Gasteiger partial charge in [-0.15, -0.1) is 0 Å². The molecule has 0 aliphatic rings. The molecule has 1 aromatic carbocycles. The van der Waals surface area contributed by atoms with Crippen molar-refractivity contribution >= 4 is 21.6 Å². The number of halogens is 2. The molecule has 0 aliphatic heterocycles. The molecule has 0 saturated carbocycles. The van der Waals surface area contributed by atoms with Crippen molar-refractivity contribution in [2.75, 3.05) is 25.6 Å². The van der Waals surface area contributed by atoms with Crippen LogP contribution >= 0.6 is 15.9 Å². The highest BCUT2D eigenvalue weighted by Gasteiger charge is 2.00. The zero-order valence-corrected chi connectivity index (χ0v) is 9.60. The van der Waals surface area contributed by atoms with Crippen LogP contribution in [0.5, 0.6) is 5.75 Å². The minimum absolute atomic E-state index is 0.287. The summed E-state index contributed by atoms with van der Waals surface area (Å²) in [6.45, 7) is 0.361. The average Bonchev–Trinajstić information content (AvgIpc) is 2.18. The number of benzene rings is 1. The molecule has 0 radical (unpaired) electrons. The van der Waals surface area contributed by atoms with Crippen LogP contribution in [0.15, 0.2) is 22.7 Å². The van der Waals surface area contributed by atoms with Crippen LogP contribution in [0.3, 0.4) is 0 Å². The van der Waals surface area contributed by atoms with E-state index in [9.17, 15) is 4.39 Å². The molecule has 1 rings (SSSR count). The van der Waals surface area contributed by atoms with Crippen LogP contribution in [0.25, 0.3) is 0 Å². The number of hydrogen-bond donors (Lipinski definition) is 1. The van der Waals surface area contributed by atoms with Crippen LogP contribution in [-0.2, 0) is 0 Å². The topological polar surface area (TPSA) is 21.3 Å². The van der Waals surface area contributed by atoms with Crippen LogP contribution in [0, 0.1) is 0 Å². The lowest BCUT2D eigenvalue weighted by Crippen LogP contribution is -2.02. The van der Waals surface area contributed by atoms with E-state index in [2.05, 4.69) is 21.2 Å². The number of rotatable bonds is 5. The van der Waals surface area contributed by atoms with Crippen molar-refractivity contribution in [3.8, 4) is 5.75 Å². The first-order valence-corrected chi connectivity index (χ1v) is 5.20. The van der Waals surface area contributed by atoms with E-state index >= 15 is 0 Å². The first-order chi connectivity index (χ1) is 6.77. The number of nitrogens with one attached hydrogen (secondary N) is 1. The van der Waals surface area contributed by atoms with Gasteiger partial charge < -0.3 is 10.1 Å². The van der Waals surface area contributed by atoms with Crippen molar-refractivity contribution in [3.05, 3.63) is 22.7 Å². The van der Waals surface area contributed by atoms with E-state index in [1.807, 2.05) is 18.2 Å². The van der Waals surface area contributed by atoms with E-state index in [0.29, 0.717) is 13.0 Å². The van der Waals surface area contributed by atoms with Crippen molar-refractivity contribution in [3.63, 3.8) is 0 Å². The quantitative estimate of drug-likeness (QED) is 0.822. The second kappa shape index (κ2) is 5.86. The summed E-state index contributed by atoms with van der Waals surface area (Å²) in [4.78, 5) is 0. The van der Waals surface area contributed by atoms with Gasteiger partial charge in [0.15, 0.2) is 0 Å². The van der Waals surface area contributed by atoms with E-state index < -0.39 is 0 Å². The lowest BCUT2D eigenvalue weighted by molar-refractivity contribution is 0.412. The summed E-state index contributed by atoms with van der Waals surface area (Å²) in [6, 6.07) is 5.68. The molecular formula is C10H13BrFNO. The Morgan fingerprint density at radius 2 is 2.29 bits per heavy atom. The molecule has 1 aromatic rings. The van der Waals surface area contributed by atoms with Gasteiger partial charge in [-0.25, -0.2) is 0 Å². The second-order valence-corrected chi connectivity index (χ2v) is 3.67. The molecule has 0 unspecified atom stereocenters. The third-order valence-electron chi connectivity index (χ3n) is 1.79. The summed E-state index contributed by atoms with van der Waals surface area (Å²) in [6.07, 6.45) is 0.531. The molecule has 0 saturated heterocycles. The van der Waals surface area contributed by atoms with Crippen LogP contribution in [0.1, 0.15) is 6.42 Å². The van der Waals surface area contributed by atoms with E-state index in [4.69, 9.17) is 4.74 Å². The molecule has 2 nitrogen and oxygen atoms in total. The van der Waals surface area contributed by atoms with Gasteiger partial charge in [-0.2, -0.15) is 0 Å². The predicted molar refractivity (Wildman–Crippen MR) is 59.8 cm³/mol. The van der Waals surface area contributed by atoms with Gasteiger partial charge in [0.1, 0.15) is 5.75 Å². The van der Waals surface area contributed by atoms with E-state index in [1.54, 1.807) is 7.11 Å². The maximum Gasteiger partial charge on any atom is 0.133 e. The van der Waals surface area contributed by atoms with E-state index in [-0.39, 0.29) is 6.67 Å². The Bertz CT molecular complexity index is 293. The van der Waals surface area contributed by atoms with Gasteiger partial charge in [-0.3, -0.25) is 4.39 Å². The fourth-order valence-corrected chi connectivity index (χ4v) is 1.62. The van der Waals surface area contributed by atoms with Crippen LogP contribution in [0.4, 0.5) is 10.1 Å². The zero-order chi connectivity index (χ0) is 10.4. The molecule has 78 valence electrons. The summed E-state index contributed by atoms with van der Waals surface area (Å²) in [5.74, 6) is 0.793. The smallest absolute Gasteiger partial charge is 0.133 e. The van der Waals surface area contributed by atoms with Crippen molar-refractivity contribution in [1.82, 2.24) is 0 Å². The van der Waals surface area contributed by atoms with Crippen molar-refractivity contribution < 1.29 is 9.13 Å². The van der Waals surface area contributed by atoms with Crippen molar-refractivity contribution in [2.45, 2.75) is 6.42 Å². The number of hydrogen-bond acceptors (Lipinski definition) is 2. The summed E-state index contributed by atoms with van der Waals surface area (Å²) in [7, 11) is 1.62. The van der Waals surface area contributed by atoms with Gasteiger partial charge in [-0.05, 0) is 40.5 Å². The standard InChI is InChI=1S/C10H13BrFNO/c1-14-10-4-3-8(7-9(10)11)13-6-2-5-12/h3-4,7,13H,2,5-6H2,1H3. The maximum absolute atomic E-state index is 11.8. The molecule has 0 heterocycles. The largest absolute Gasteiger partial charge is 0.496 e. The van der Waals surface area contributed by atoms with E-state index in [1.165, 1.54) is 0 Å². The highest BCUT2D eigenvalue weighted by molar-refractivity contribution is 9.10. The summed E-state index contributed by atoms with van der Waals surface area (Å²) >= 11 is 3.38. The van der Waals surface area contributed by atoms with Crippen LogP contribution < -0.4 is 10.1 Å². The number of methoxy groups -OCH3 is 1. The van der Waals surface area contributed by atoms with Crippen LogP contribution in [-0.4, -0.2) is 20.3 Å². The fraction of sp³-hybridized carbons (Fsp3) is 0.400. The highest BCUT2D eigenvalue weighted by atomic mass is 79.9. The molecule has 0 atom stereocenters. The van der Waals surface area contributed by atoms with Gasteiger partial charge in [0.2, 0.25) is 0 Å². The van der Waals surface area contributed by atoms with Gasteiger partial charge in [0, 0.05) is 12.2 Å². The second-order valence-electron chi connectivity index (χ2n) is 2.82. The SMILES string of the molecule is COc1ccc(NCCCF)cc1Br. The Morgan fingerprint density at radius 3 is 2.86 bits per heavy atom. The minimum Gasteiger partial charge on any atom is -0.496 e. The monoisotopic (exact) mass is 261 g/mol. The van der Waals surface area contributed by atoms with Gasteiger partial charge in [0.25, 0.3) is 0 Å². The molecule has 0 bridgehead atoms. The average molecular weight is 262 g/mol. The molecule has 0 fully saturated rings. The first-order valence-electron chi connectivity index (χ1n) is 4.41. The fourth-order valence-electron chi connectivity index (χ4n) is 1.08. The molecule has 0 aliphatic carbocycles. The molecule has 4 heteroatoms. The molecule has 0 amide bonds. The van der Waals surface area contributed by atoms with Crippen molar-refractivity contribution in [2.24, 2.45) is 0 Å². The van der Waals surface area contributed by atoms with Crippen LogP contribution in [0.2, 0.25) is 0 Å². The molecule has 1 N–H and O–H groups in total. The van der Waals surface area contributed by atoms with E-state index in [0.717, 1.165) is 15.9 Å². The summed E-state index contributed by atoms with van der Waals surface area (Å²) in [5, 5.41) is 3.11. The lowest BCUT2D eigenvalue weighted by atomic mass is 10.3. The third-order valence-corrected chi connectivity index (χ3v) is 2.41. The number of ether oxygens (including phenoxy) is 1. The van der Waals surface area contributed by atoms with Gasteiger partial charge in [0.05, 0.1) is 18.3 Å². The van der Waals surface area contributed by atoms with Crippen molar-refractivity contribution in [1.29, 1.82) is 0 Å². The van der Waals surface area contributed by atoms with Gasteiger partial charge >= 0.3 is 0 Å². The molecular weight excluding hydrogens is 249 g/mol. The summed E-state index contributed by atoms with van der Waals surface area (Å²) < 4.78 is 17.8. The molecule has 0 aromatic heterocycles. The van der Waals surface area contributed by atoms with Gasteiger partial charge in [-0.1, -0.05) is 0 Å². The normalized spacial score (nSPS) is 9.93. The zero-order valence-electron chi connectivity index (χ0n) is 8.02. The predicted octanol–water partition coefficient (Wildman–Crippen LogP) is 3.23. The molecule has 14 heavy (non-hydrogen) atoms. The molecule has 0 spiro atoms. The minimum atomic E-state index is -0.287. The Morgan fingerprint density at radius 1 is 1.50 bits per heavy atom. The Kier molecular flexibility index (Phi) is 4.73. The Balaban J connectivity index is 2.57. The number of anilines is 1. The highest BCUT2D eigenvalue weighted by Crippen LogP contribution is 2.27. The Labute approximate surface area is 91.6 Å². The maximum atomic E-state index is 11.8. The lowest BCUT2D eigenvalue weighted by Gasteiger charge is -2.07. The number of alkyl halides is 1. The summed E-state index contributed by atoms with van der Waals surface area (Å²) in [5.41, 5.74) is 0.964. The third kappa shape index (κ3) is 3.18.